The zero-order valence-corrected chi connectivity index (χ0v) is 15.4. The zero-order chi connectivity index (χ0) is 17.8. The van der Waals surface area contributed by atoms with Crippen LogP contribution in [0.15, 0.2) is 52.4 Å². The summed E-state index contributed by atoms with van der Waals surface area (Å²) < 4.78 is 5.42. The lowest BCUT2D eigenvalue weighted by molar-refractivity contribution is -0.115. The molecule has 1 saturated heterocycles. The summed E-state index contributed by atoms with van der Waals surface area (Å²) in [7, 11) is 0. The molecule has 1 aliphatic rings. The molecule has 128 valence electrons. The van der Waals surface area contributed by atoms with E-state index >= 15 is 0 Å². The van der Waals surface area contributed by atoms with E-state index in [1.54, 1.807) is 18.2 Å². The van der Waals surface area contributed by atoms with Gasteiger partial charge in [-0.2, -0.15) is 0 Å². The van der Waals surface area contributed by atoms with E-state index in [1.165, 1.54) is 11.8 Å². The number of nitrogens with one attached hydrogen (secondary N) is 1. The molecule has 0 atom stereocenters. The second-order valence-corrected chi connectivity index (χ2v) is 6.88. The summed E-state index contributed by atoms with van der Waals surface area (Å²) in [5, 5.41) is 3.88. The van der Waals surface area contributed by atoms with Gasteiger partial charge in [-0.15, -0.1) is 0 Å². The second-order valence-electron chi connectivity index (χ2n) is 5.44. The minimum atomic E-state index is -0.165. The maximum absolute atomic E-state index is 12.2. The fourth-order valence-corrected chi connectivity index (χ4v) is 3.41. The molecule has 25 heavy (non-hydrogen) atoms. The zero-order valence-electron chi connectivity index (χ0n) is 13.9. The van der Waals surface area contributed by atoms with Crippen LogP contribution in [0, 0.1) is 6.92 Å². The smallest absolute Gasteiger partial charge is 0.264 e. The average Bonchev–Trinajstić information content (AvgIpc) is 2.89. The number of benzene rings is 2. The molecule has 2 aromatic rings. The Morgan fingerprint density at radius 2 is 2.12 bits per heavy atom. The highest BCUT2D eigenvalue weighted by atomic mass is 35.5. The van der Waals surface area contributed by atoms with Crippen LogP contribution in [-0.4, -0.2) is 17.7 Å². The van der Waals surface area contributed by atoms with Crippen LogP contribution in [-0.2, 0) is 4.79 Å². The predicted octanol–water partition coefficient (Wildman–Crippen LogP) is 4.94. The third-order valence-electron chi connectivity index (χ3n) is 3.44. The summed E-state index contributed by atoms with van der Waals surface area (Å²) in [6, 6.07) is 13.3. The van der Waals surface area contributed by atoms with Crippen LogP contribution >= 0.6 is 23.4 Å². The molecule has 1 fully saturated rings. The molecular weight excluding hydrogens is 356 g/mol. The summed E-state index contributed by atoms with van der Waals surface area (Å²) in [5.74, 6) is 0.470. The van der Waals surface area contributed by atoms with Crippen molar-refractivity contribution >= 4 is 46.2 Å². The molecule has 4 nitrogen and oxygen atoms in total. The first-order valence-corrected chi connectivity index (χ1v) is 9.03. The first kappa shape index (κ1) is 17.6. The normalized spacial score (nSPS) is 17.2. The number of aryl methyl sites for hydroxylation is 1. The van der Waals surface area contributed by atoms with E-state index in [-0.39, 0.29) is 5.91 Å². The molecule has 6 heteroatoms. The van der Waals surface area contributed by atoms with Gasteiger partial charge in [0.15, 0.2) is 5.17 Å². The number of amides is 1. The Labute approximate surface area is 155 Å². The Morgan fingerprint density at radius 3 is 2.84 bits per heavy atom. The molecule has 0 bridgehead atoms. The minimum Gasteiger partial charge on any atom is -0.492 e. The van der Waals surface area contributed by atoms with Crippen molar-refractivity contribution in [3.63, 3.8) is 0 Å². The van der Waals surface area contributed by atoms with Gasteiger partial charge in [-0.1, -0.05) is 29.8 Å². The Bertz CT molecular complexity index is 877. The van der Waals surface area contributed by atoms with Crippen molar-refractivity contribution in [2.45, 2.75) is 13.8 Å². The predicted molar refractivity (Wildman–Crippen MR) is 105 cm³/mol. The molecule has 0 unspecified atom stereocenters. The van der Waals surface area contributed by atoms with E-state index in [2.05, 4.69) is 10.3 Å². The lowest BCUT2D eigenvalue weighted by Gasteiger charge is -2.05. The quantitative estimate of drug-likeness (QED) is 0.773. The third kappa shape index (κ3) is 4.44. The molecule has 2 aromatic carbocycles. The van der Waals surface area contributed by atoms with Crippen molar-refractivity contribution in [3.05, 3.63) is 63.5 Å². The van der Waals surface area contributed by atoms with Crippen LogP contribution in [0.1, 0.15) is 18.1 Å². The van der Waals surface area contributed by atoms with Gasteiger partial charge in [-0.3, -0.25) is 4.79 Å². The summed E-state index contributed by atoms with van der Waals surface area (Å²) in [4.78, 5) is 17.2. The van der Waals surface area contributed by atoms with E-state index in [9.17, 15) is 4.79 Å². The standard InChI is InChI=1S/C19H17ClN2O2S/c1-3-24-16-8-7-13(10-15(16)20)11-17-18(23)22-19(25-17)21-14-6-4-5-12(2)9-14/h4-11H,3H2,1-2H3,(H,21,22,23)/b17-11-. The highest BCUT2D eigenvalue weighted by Gasteiger charge is 2.23. The van der Waals surface area contributed by atoms with E-state index in [4.69, 9.17) is 16.3 Å². The average molecular weight is 373 g/mol. The molecule has 1 N–H and O–H groups in total. The van der Waals surface area contributed by atoms with Crippen molar-refractivity contribution in [1.29, 1.82) is 0 Å². The van der Waals surface area contributed by atoms with E-state index in [1.807, 2.05) is 44.2 Å². The molecule has 3 rings (SSSR count). The number of hydrogen-bond acceptors (Lipinski definition) is 4. The van der Waals surface area contributed by atoms with Gasteiger partial charge >= 0.3 is 0 Å². The fourth-order valence-electron chi connectivity index (χ4n) is 2.33. The largest absolute Gasteiger partial charge is 0.492 e. The third-order valence-corrected chi connectivity index (χ3v) is 4.64. The lowest BCUT2D eigenvalue weighted by atomic mass is 10.2. The van der Waals surface area contributed by atoms with Gasteiger partial charge in [0, 0.05) is 0 Å². The van der Waals surface area contributed by atoms with Crippen LogP contribution < -0.4 is 10.1 Å². The number of thioether (sulfide) groups is 1. The topological polar surface area (TPSA) is 50.7 Å². The summed E-state index contributed by atoms with van der Waals surface area (Å²) >= 11 is 7.51. The van der Waals surface area contributed by atoms with Crippen molar-refractivity contribution in [2.75, 3.05) is 6.61 Å². The van der Waals surface area contributed by atoms with Gasteiger partial charge in [0.25, 0.3) is 5.91 Å². The molecule has 0 aliphatic carbocycles. The minimum absolute atomic E-state index is 0.165. The Morgan fingerprint density at radius 1 is 1.28 bits per heavy atom. The molecule has 0 saturated carbocycles. The SMILES string of the molecule is CCOc1ccc(/C=C2\SC(=Nc3cccc(C)c3)NC2=O)cc1Cl. The van der Waals surface area contributed by atoms with Crippen molar-refractivity contribution < 1.29 is 9.53 Å². The van der Waals surface area contributed by atoms with Crippen LogP contribution in [0.3, 0.4) is 0 Å². The molecule has 0 aromatic heterocycles. The maximum Gasteiger partial charge on any atom is 0.264 e. The lowest BCUT2D eigenvalue weighted by Crippen LogP contribution is -2.19. The Hall–Kier alpha value is -2.24. The van der Waals surface area contributed by atoms with Gasteiger partial charge in [0.1, 0.15) is 5.75 Å². The number of ether oxygens (including phenoxy) is 1. The molecule has 0 spiro atoms. The van der Waals surface area contributed by atoms with Gasteiger partial charge in [-0.25, -0.2) is 4.99 Å². The summed E-state index contributed by atoms with van der Waals surface area (Å²) in [6.45, 7) is 4.46. The van der Waals surface area contributed by atoms with E-state index < -0.39 is 0 Å². The highest BCUT2D eigenvalue weighted by Crippen LogP contribution is 2.31. The van der Waals surface area contributed by atoms with Crippen LogP contribution in [0.5, 0.6) is 5.75 Å². The highest BCUT2D eigenvalue weighted by molar-refractivity contribution is 8.18. The van der Waals surface area contributed by atoms with Gasteiger partial charge in [0.2, 0.25) is 0 Å². The van der Waals surface area contributed by atoms with Crippen molar-refractivity contribution in [2.24, 2.45) is 4.99 Å². The Kier molecular flexibility index (Phi) is 5.46. The van der Waals surface area contributed by atoms with Crippen LogP contribution in [0.25, 0.3) is 6.08 Å². The Balaban J connectivity index is 1.80. The number of carbonyl (C=O) groups is 1. The monoisotopic (exact) mass is 372 g/mol. The van der Waals surface area contributed by atoms with E-state index in [0.29, 0.717) is 27.5 Å². The fraction of sp³-hybridized carbons (Fsp3) is 0.158. The van der Waals surface area contributed by atoms with Gasteiger partial charge in [0.05, 0.1) is 22.2 Å². The first-order valence-electron chi connectivity index (χ1n) is 7.84. The molecular formula is C19H17ClN2O2S. The van der Waals surface area contributed by atoms with Crippen LogP contribution in [0.2, 0.25) is 5.02 Å². The first-order chi connectivity index (χ1) is 12.0. The van der Waals surface area contributed by atoms with Gasteiger partial charge < -0.3 is 10.1 Å². The molecule has 1 aliphatic heterocycles. The van der Waals surface area contributed by atoms with Gasteiger partial charge in [-0.05, 0) is 67.1 Å². The molecule has 0 radical (unpaired) electrons. The summed E-state index contributed by atoms with van der Waals surface area (Å²) in [6.07, 6.45) is 1.79. The van der Waals surface area contributed by atoms with E-state index in [0.717, 1.165) is 16.8 Å². The number of hydrogen-bond donors (Lipinski definition) is 1. The number of amidine groups is 1. The number of aliphatic imine (C=N–C) groups is 1. The molecule has 1 amide bonds. The van der Waals surface area contributed by atoms with Crippen LogP contribution in [0.4, 0.5) is 5.69 Å². The van der Waals surface area contributed by atoms with Crippen molar-refractivity contribution in [3.8, 4) is 5.75 Å². The van der Waals surface area contributed by atoms with Crippen molar-refractivity contribution in [1.82, 2.24) is 5.32 Å². The number of nitrogens with zero attached hydrogens (tertiary/aromatic N) is 1. The second kappa shape index (κ2) is 7.76. The maximum atomic E-state index is 12.2. The number of carbonyl (C=O) groups excluding carboxylic acids is 1. The molecule has 1 heterocycles. The number of halogens is 1. The number of rotatable bonds is 4. The summed E-state index contributed by atoms with van der Waals surface area (Å²) in [5.41, 5.74) is 2.77.